The van der Waals surface area contributed by atoms with E-state index in [1.165, 1.54) is 4.31 Å². The van der Waals surface area contributed by atoms with Crippen molar-refractivity contribution in [1.82, 2.24) is 14.6 Å². The minimum Gasteiger partial charge on any atom is -0.315 e. The predicted octanol–water partition coefficient (Wildman–Crippen LogP) is 0.372. The normalized spacial score (nSPS) is 21.0. The molecule has 5 nitrogen and oxygen atoms in total. The van der Waals surface area contributed by atoms with E-state index in [-0.39, 0.29) is 6.04 Å². The molecule has 17 heavy (non-hydrogen) atoms. The first kappa shape index (κ1) is 12.5. The van der Waals surface area contributed by atoms with E-state index in [0.717, 1.165) is 19.5 Å². The van der Waals surface area contributed by atoms with Crippen LogP contribution in [0.4, 0.5) is 0 Å². The van der Waals surface area contributed by atoms with Crippen molar-refractivity contribution in [3.05, 3.63) is 24.0 Å². The molecule has 1 aliphatic heterocycles. The molecule has 2 heterocycles. The summed E-state index contributed by atoms with van der Waals surface area (Å²) in [5.41, 5.74) is 0.547. The molecule has 1 aromatic heterocycles. The zero-order valence-electron chi connectivity index (χ0n) is 10.0. The number of nitrogens with zero attached hydrogens (tertiary/aromatic N) is 2. The smallest absolute Gasteiger partial charge is 0.244 e. The second-order valence-electron chi connectivity index (χ2n) is 4.25. The Balaban J connectivity index is 2.33. The Hall–Kier alpha value is -0.980. The van der Waals surface area contributed by atoms with Crippen LogP contribution in [0.2, 0.25) is 0 Å². The van der Waals surface area contributed by atoms with Crippen molar-refractivity contribution in [1.29, 1.82) is 0 Å². The number of aryl methyl sites for hydroxylation is 1. The molecular weight excluding hydrogens is 238 g/mol. The van der Waals surface area contributed by atoms with Crippen LogP contribution in [0, 0.1) is 6.92 Å². The predicted molar refractivity (Wildman–Crippen MR) is 65.2 cm³/mol. The lowest BCUT2D eigenvalue weighted by Gasteiger charge is -2.23. The quantitative estimate of drug-likeness (QED) is 0.848. The Labute approximate surface area is 102 Å². The van der Waals surface area contributed by atoms with Gasteiger partial charge in [-0.3, -0.25) is 4.98 Å². The van der Waals surface area contributed by atoms with Crippen molar-refractivity contribution in [3.63, 3.8) is 0 Å². The fourth-order valence-electron chi connectivity index (χ4n) is 2.04. The van der Waals surface area contributed by atoms with Crippen LogP contribution in [0.15, 0.2) is 23.2 Å². The molecule has 2 rings (SSSR count). The summed E-state index contributed by atoms with van der Waals surface area (Å²) in [5.74, 6) is 0. The maximum absolute atomic E-state index is 12.4. The van der Waals surface area contributed by atoms with E-state index in [9.17, 15) is 8.42 Å². The van der Waals surface area contributed by atoms with Gasteiger partial charge in [-0.1, -0.05) is 0 Å². The standard InChI is InChI=1S/C11H17N3O2S/c1-9-11(4-3-6-13-9)17(15,16)14(2)10-5-7-12-8-10/h3-4,6,10,12H,5,7-8H2,1-2H3. The third-order valence-corrected chi connectivity index (χ3v) is 5.21. The average Bonchev–Trinajstić information content (AvgIpc) is 2.81. The van der Waals surface area contributed by atoms with Gasteiger partial charge in [0.1, 0.15) is 4.90 Å². The largest absolute Gasteiger partial charge is 0.315 e. The molecule has 6 heteroatoms. The van der Waals surface area contributed by atoms with Crippen molar-refractivity contribution in [2.45, 2.75) is 24.3 Å². The highest BCUT2D eigenvalue weighted by atomic mass is 32.2. The van der Waals surface area contributed by atoms with Crippen LogP contribution in [-0.4, -0.2) is 43.9 Å². The van der Waals surface area contributed by atoms with Gasteiger partial charge in [0.15, 0.2) is 0 Å². The van der Waals surface area contributed by atoms with Gasteiger partial charge >= 0.3 is 0 Å². The Morgan fingerprint density at radius 1 is 1.53 bits per heavy atom. The molecule has 1 saturated heterocycles. The van der Waals surface area contributed by atoms with Gasteiger partial charge in [-0.2, -0.15) is 4.31 Å². The van der Waals surface area contributed by atoms with Gasteiger partial charge in [-0.25, -0.2) is 8.42 Å². The lowest BCUT2D eigenvalue weighted by atomic mass is 10.3. The Morgan fingerprint density at radius 3 is 2.88 bits per heavy atom. The number of hydrogen-bond donors (Lipinski definition) is 1. The SMILES string of the molecule is Cc1ncccc1S(=O)(=O)N(C)C1CCNC1. The number of nitrogens with one attached hydrogen (secondary N) is 1. The van der Waals surface area contributed by atoms with Crippen LogP contribution in [0.25, 0.3) is 0 Å². The summed E-state index contributed by atoms with van der Waals surface area (Å²) in [6.45, 7) is 3.30. The molecule has 0 bridgehead atoms. The summed E-state index contributed by atoms with van der Waals surface area (Å²) in [6.07, 6.45) is 2.46. The molecule has 0 radical (unpaired) electrons. The van der Waals surface area contributed by atoms with Gasteiger partial charge < -0.3 is 5.32 Å². The highest BCUT2D eigenvalue weighted by Crippen LogP contribution is 2.20. The first-order chi connectivity index (χ1) is 8.03. The number of aromatic nitrogens is 1. The highest BCUT2D eigenvalue weighted by molar-refractivity contribution is 7.89. The summed E-state index contributed by atoms with van der Waals surface area (Å²) in [4.78, 5) is 4.33. The van der Waals surface area contributed by atoms with Gasteiger partial charge in [0.05, 0.1) is 5.69 Å². The maximum Gasteiger partial charge on any atom is 0.244 e. The molecule has 0 spiro atoms. The molecule has 1 N–H and O–H groups in total. The summed E-state index contributed by atoms with van der Waals surface area (Å²) in [7, 11) is -1.78. The fraction of sp³-hybridized carbons (Fsp3) is 0.545. The molecule has 1 atom stereocenters. The number of pyridine rings is 1. The van der Waals surface area contributed by atoms with Crippen molar-refractivity contribution in [2.24, 2.45) is 0 Å². The Bertz CT molecular complexity index is 495. The van der Waals surface area contributed by atoms with Gasteiger partial charge in [0, 0.05) is 25.8 Å². The van der Waals surface area contributed by atoms with E-state index in [4.69, 9.17) is 0 Å². The third kappa shape index (κ3) is 2.34. The number of likely N-dealkylation sites (N-methyl/N-ethyl adjacent to an activating group) is 1. The molecule has 0 saturated carbocycles. The second-order valence-corrected chi connectivity index (χ2v) is 6.22. The van der Waals surface area contributed by atoms with Crippen LogP contribution >= 0.6 is 0 Å². The Morgan fingerprint density at radius 2 is 2.29 bits per heavy atom. The first-order valence-electron chi connectivity index (χ1n) is 5.64. The van der Waals surface area contributed by atoms with E-state index in [1.807, 2.05) is 0 Å². The number of sulfonamides is 1. The van der Waals surface area contributed by atoms with E-state index < -0.39 is 10.0 Å². The zero-order chi connectivity index (χ0) is 12.5. The minimum absolute atomic E-state index is 0.0413. The van der Waals surface area contributed by atoms with Crippen LogP contribution in [-0.2, 0) is 10.0 Å². The molecule has 0 aromatic carbocycles. The van der Waals surface area contributed by atoms with Crippen molar-refractivity contribution in [3.8, 4) is 0 Å². The topological polar surface area (TPSA) is 62.3 Å². The van der Waals surface area contributed by atoms with Crippen molar-refractivity contribution >= 4 is 10.0 Å². The van der Waals surface area contributed by atoms with Crippen molar-refractivity contribution in [2.75, 3.05) is 20.1 Å². The van der Waals surface area contributed by atoms with Gasteiger partial charge in [-0.15, -0.1) is 0 Å². The van der Waals surface area contributed by atoms with Crippen LogP contribution < -0.4 is 5.32 Å². The molecule has 0 aliphatic carbocycles. The molecule has 1 unspecified atom stereocenters. The third-order valence-electron chi connectivity index (χ3n) is 3.16. The Kier molecular flexibility index (Phi) is 3.46. The van der Waals surface area contributed by atoms with Crippen LogP contribution in [0.5, 0.6) is 0 Å². The molecule has 94 valence electrons. The molecule has 0 amide bonds. The zero-order valence-corrected chi connectivity index (χ0v) is 10.9. The number of rotatable bonds is 3. The van der Waals surface area contributed by atoms with Gasteiger partial charge in [-0.05, 0) is 32.0 Å². The summed E-state index contributed by atoms with van der Waals surface area (Å²) < 4.78 is 26.3. The van der Waals surface area contributed by atoms with E-state index >= 15 is 0 Å². The second kappa shape index (κ2) is 4.72. The fourth-order valence-corrected chi connectivity index (χ4v) is 3.60. The van der Waals surface area contributed by atoms with E-state index in [1.54, 1.807) is 32.3 Å². The van der Waals surface area contributed by atoms with Crippen molar-refractivity contribution < 1.29 is 8.42 Å². The average molecular weight is 255 g/mol. The highest BCUT2D eigenvalue weighted by Gasteiger charge is 2.30. The molecule has 1 aromatic rings. The van der Waals surface area contributed by atoms with E-state index in [0.29, 0.717) is 10.6 Å². The summed E-state index contributed by atoms with van der Waals surface area (Å²) in [5, 5.41) is 3.17. The van der Waals surface area contributed by atoms with E-state index in [2.05, 4.69) is 10.3 Å². The van der Waals surface area contributed by atoms with Crippen LogP contribution in [0.1, 0.15) is 12.1 Å². The summed E-state index contributed by atoms with van der Waals surface area (Å²) >= 11 is 0. The molecule has 1 fully saturated rings. The molecule has 1 aliphatic rings. The number of hydrogen-bond acceptors (Lipinski definition) is 4. The lowest BCUT2D eigenvalue weighted by molar-refractivity contribution is 0.387. The minimum atomic E-state index is -3.42. The van der Waals surface area contributed by atoms with Gasteiger partial charge in [0.2, 0.25) is 10.0 Å². The first-order valence-corrected chi connectivity index (χ1v) is 7.08. The lowest BCUT2D eigenvalue weighted by Crippen LogP contribution is -2.38. The maximum atomic E-state index is 12.4. The van der Waals surface area contributed by atoms with Gasteiger partial charge in [0.25, 0.3) is 0 Å². The van der Waals surface area contributed by atoms with Crippen LogP contribution in [0.3, 0.4) is 0 Å². The summed E-state index contributed by atoms with van der Waals surface area (Å²) in [6, 6.07) is 3.30. The monoisotopic (exact) mass is 255 g/mol. The molecular formula is C11H17N3O2S.